The summed E-state index contributed by atoms with van der Waals surface area (Å²) in [4.78, 5) is 14.6. The smallest absolute Gasteiger partial charge is 0.328 e. The van der Waals surface area contributed by atoms with Crippen LogP contribution >= 0.6 is 0 Å². The fourth-order valence-corrected chi connectivity index (χ4v) is 2.91. The molecule has 0 aliphatic heterocycles. The first kappa shape index (κ1) is 14.3. The fourth-order valence-electron chi connectivity index (χ4n) is 2.91. The zero-order valence-electron chi connectivity index (χ0n) is 11.6. The summed E-state index contributed by atoms with van der Waals surface area (Å²) in [5, 5.41) is 23.2. The van der Waals surface area contributed by atoms with Crippen LogP contribution in [0.4, 0.5) is 11.5 Å². The van der Waals surface area contributed by atoms with Crippen LogP contribution in [0.3, 0.4) is 0 Å². The van der Waals surface area contributed by atoms with E-state index >= 15 is 0 Å². The molecule has 0 saturated heterocycles. The Morgan fingerprint density at radius 1 is 1.55 bits per heavy atom. The second-order valence-corrected chi connectivity index (χ2v) is 5.34. The Kier molecular flexibility index (Phi) is 4.18. The number of nitro groups is 1. The number of aromatic nitrogens is 1. The molecule has 0 spiro atoms. The third kappa shape index (κ3) is 2.72. The first-order valence-corrected chi connectivity index (χ1v) is 6.89. The van der Waals surface area contributed by atoms with E-state index in [2.05, 4.69) is 17.2 Å². The van der Waals surface area contributed by atoms with Gasteiger partial charge in [0.05, 0.1) is 4.92 Å². The summed E-state index contributed by atoms with van der Waals surface area (Å²) in [7, 11) is 0. The van der Waals surface area contributed by atoms with Crippen molar-refractivity contribution >= 4 is 11.5 Å². The van der Waals surface area contributed by atoms with Gasteiger partial charge in [0.15, 0.2) is 0 Å². The van der Waals surface area contributed by atoms with Crippen molar-refractivity contribution in [3.05, 3.63) is 27.9 Å². The van der Waals surface area contributed by atoms with Gasteiger partial charge in [-0.3, -0.25) is 10.1 Å². The van der Waals surface area contributed by atoms with Gasteiger partial charge in [-0.05, 0) is 30.7 Å². The standard InChI is InChI=1S/C14H18N4O2/c1-2-14(6-3-4-7-14)10-17-13-12(18(19)20)11(9-15)5-8-16-13/h5,8H,2-4,6-7,10H2,1H3,(H,16,17). The minimum atomic E-state index is -0.541. The second-order valence-electron chi connectivity index (χ2n) is 5.34. The highest BCUT2D eigenvalue weighted by Gasteiger charge is 2.32. The molecule has 0 unspecified atom stereocenters. The lowest BCUT2D eigenvalue weighted by Crippen LogP contribution is -2.26. The van der Waals surface area contributed by atoms with Crippen LogP contribution in [-0.4, -0.2) is 16.5 Å². The van der Waals surface area contributed by atoms with Crippen molar-refractivity contribution < 1.29 is 4.92 Å². The Hall–Kier alpha value is -2.16. The van der Waals surface area contributed by atoms with E-state index in [1.165, 1.54) is 25.1 Å². The molecule has 6 heteroatoms. The molecule has 2 rings (SSSR count). The molecule has 0 aromatic carbocycles. The van der Waals surface area contributed by atoms with Gasteiger partial charge in [0.1, 0.15) is 11.6 Å². The number of anilines is 1. The van der Waals surface area contributed by atoms with Crippen molar-refractivity contribution in [3.63, 3.8) is 0 Å². The van der Waals surface area contributed by atoms with Crippen LogP contribution in [0.25, 0.3) is 0 Å². The average Bonchev–Trinajstić information content (AvgIpc) is 2.93. The molecule has 0 bridgehead atoms. The molecule has 1 heterocycles. The Labute approximate surface area is 118 Å². The number of pyridine rings is 1. The lowest BCUT2D eigenvalue weighted by molar-refractivity contribution is -0.384. The van der Waals surface area contributed by atoms with Crippen molar-refractivity contribution in [1.82, 2.24) is 4.98 Å². The highest BCUT2D eigenvalue weighted by atomic mass is 16.6. The van der Waals surface area contributed by atoms with Gasteiger partial charge in [-0.15, -0.1) is 0 Å². The second kappa shape index (κ2) is 5.87. The predicted octanol–water partition coefficient (Wildman–Crippen LogP) is 3.24. The van der Waals surface area contributed by atoms with Gasteiger partial charge in [0, 0.05) is 12.7 Å². The number of hydrogen-bond donors (Lipinski definition) is 1. The number of hydrogen-bond acceptors (Lipinski definition) is 5. The van der Waals surface area contributed by atoms with E-state index in [-0.39, 0.29) is 22.5 Å². The maximum atomic E-state index is 11.1. The largest absolute Gasteiger partial charge is 0.364 e. The lowest BCUT2D eigenvalue weighted by Gasteiger charge is -2.27. The summed E-state index contributed by atoms with van der Waals surface area (Å²) in [5.74, 6) is 0.203. The third-order valence-corrected chi connectivity index (χ3v) is 4.27. The average molecular weight is 274 g/mol. The van der Waals surface area contributed by atoms with E-state index in [0.29, 0.717) is 6.54 Å². The summed E-state index contributed by atoms with van der Waals surface area (Å²) < 4.78 is 0. The number of nitrogens with zero attached hydrogens (tertiary/aromatic N) is 3. The summed E-state index contributed by atoms with van der Waals surface area (Å²) >= 11 is 0. The Morgan fingerprint density at radius 2 is 2.25 bits per heavy atom. The fraction of sp³-hybridized carbons (Fsp3) is 0.571. The number of nitrogens with one attached hydrogen (secondary N) is 1. The molecule has 1 fully saturated rings. The molecule has 106 valence electrons. The van der Waals surface area contributed by atoms with Crippen LogP contribution in [0.15, 0.2) is 12.3 Å². The third-order valence-electron chi connectivity index (χ3n) is 4.27. The van der Waals surface area contributed by atoms with E-state index in [0.717, 1.165) is 19.3 Å². The molecule has 0 atom stereocenters. The molecule has 0 radical (unpaired) electrons. The molecule has 1 saturated carbocycles. The van der Waals surface area contributed by atoms with Crippen LogP contribution in [0.2, 0.25) is 0 Å². The van der Waals surface area contributed by atoms with E-state index in [1.54, 1.807) is 0 Å². The van der Waals surface area contributed by atoms with Gasteiger partial charge >= 0.3 is 5.69 Å². The molecule has 6 nitrogen and oxygen atoms in total. The first-order valence-electron chi connectivity index (χ1n) is 6.89. The van der Waals surface area contributed by atoms with Crippen molar-refractivity contribution in [2.75, 3.05) is 11.9 Å². The zero-order valence-corrected chi connectivity index (χ0v) is 11.6. The number of rotatable bonds is 5. The predicted molar refractivity (Wildman–Crippen MR) is 75.3 cm³/mol. The van der Waals surface area contributed by atoms with Crippen LogP contribution in [0.5, 0.6) is 0 Å². The minimum Gasteiger partial charge on any atom is -0.364 e. The molecular formula is C14H18N4O2. The van der Waals surface area contributed by atoms with Gasteiger partial charge in [0.25, 0.3) is 0 Å². The van der Waals surface area contributed by atoms with E-state index < -0.39 is 4.92 Å². The summed E-state index contributed by atoms with van der Waals surface area (Å²) in [6, 6.07) is 3.22. The van der Waals surface area contributed by atoms with Crippen molar-refractivity contribution in [2.24, 2.45) is 5.41 Å². The molecule has 0 amide bonds. The molecule has 1 N–H and O–H groups in total. The topological polar surface area (TPSA) is 91.8 Å². The van der Waals surface area contributed by atoms with Gasteiger partial charge in [-0.25, -0.2) is 4.98 Å². The highest BCUT2D eigenvalue weighted by Crippen LogP contribution is 2.41. The molecule has 1 aliphatic carbocycles. The van der Waals surface area contributed by atoms with Crippen molar-refractivity contribution in [1.29, 1.82) is 5.26 Å². The van der Waals surface area contributed by atoms with Crippen LogP contribution in [0.1, 0.15) is 44.6 Å². The molecule has 1 aromatic heterocycles. The van der Waals surface area contributed by atoms with E-state index in [1.807, 2.05) is 6.07 Å². The van der Waals surface area contributed by atoms with Gasteiger partial charge in [-0.1, -0.05) is 19.8 Å². The first-order chi connectivity index (χ1) is 9.62. The Balaban J connectivity index is 2.21. The zero-order chi connectivity index (χ0) is 14.6. The number of nitriles is 1. The normalized spacial score (nSPS) is 16.6. The molecule has 1 aromatic rings. The maximum Gasteiger partial charge on any atom is 0.328 e. The van der Waals surface area contributed by atoms with Crippen LogP contribution in [-0.2, 0) is 0 Å². The molecule has 1 aliphatic rings. The van der Waals surface area contributed by atoms with Crippen LogP contribution < -0.4 is 5.32 Å². The minimum absolute atomic E-state index is 0.0458. The summed E-state index contributed by atoms with van der Waals surface area (Å²) in [5.41, 5.74) is 0.0294. The van der Waals surface area contributed by atoms with Crippen molar-refractivity contribution in [2.45, 2.75) is 39.0 Å². The Morgan fingerprint density at radius 3 is 2.80 bits per heavy atom. The maximum absolute atomic E-state index is 11.1. The summed E-state index contributed by atoms with van der Waals surface area (Å²) in [6.45, 7) is 2.83. The highest BCUT2D eigenvalue weighted by molar-refractivity contribution is 5.64. The Bertz CT molecular complexity index is 545. The van der Waals surface area contributed by atoms with Gasteiger partial charge < -0.3 is 5.32 Å². The quantitative estimate of drug-likeness (QED) is 0.657. The van der Waals surface area contributed by atoms with Gasteiger partial charge in [0.2, 0.25) is 5.82 Å². The summed E-state index contributed by atoms with van der Waals surface area (Å²) in [6.07, 6.45) is 7.18. The molecular weight excluding hydrogens is 256 g/mol. The van der Waals surface area contributed by atoms with Crippen LogP contribution in [0, 0.1) is 26.9 Å². The molecule has 20 heavy (non-hydrogen) atoms. The monoisotopic (exact) mass is 274 g/mol. The van der Waals surface area contributed by atoms with E-state index in [4.69, 9.17) is 5.26 Å². The van der Waals surface area contributed by atoms with Crippen molar-refractivity contribution in [3.8, 4) is 6.07 Å². The van der Waals surface area contributed by atoms with Gasteiger partial charge in [-0.2, -0.15) is 5.26 Å². The van der Waals surface area contributed by atoms with E-state index in [9.17, 15) is 10.1 Å². The lowest BCUT2D eigenvalue weighted by atomic mass is 9.83. The SMILES string of the molecule is CCC1(CNc2nccc(C#N)c2[N+](=O)[O-])CCCC1.